The average Bonchev–Trinajstić information content (AvgIpc) is 3.06. The van der Waals surface area contributed by atoms with Gasteiger partial charge in [0.15, 0.2) is 6.10 Å². The molecule has 0 aliphatic heterocycles. The van der Waals surface area contributed by atoms with E-state index in [9.17, 15) is 29.4 Å². The number of methoxy groups -OCH3 is 1. The van der Waals surface area contributed by atoms with Gasteiger partial charge in [-0.3, -0.25) is 19.2 Å². The molecule has 2 saturated carbocycles. The number of hydrogen-bond donors (Lipinski definition) is 2. The number of ketones is 2. The molecule has 39 heavy (non-hydrogen) atoms. The van der Waals surface area contributed by atoms with E-state index in [0.29, 0.717) is 36.8 Å². The zero-order valence-electron chi connectivity index (χ0n) is 25.0. The lowest BCUT2D eigenvalue weighted by Gasteiger charge is -2.67. The van der Waals surface area contributed by atoms with Crippen LogP contribution in [0.3, 0.4) is 0 Å². The number of fused-ring (bicyclic) bond motifs is 4. The zero-order chi connectivity index (χ0) is 29.5. The van der Waals surface area contributed by atoms with Crippen LogP contribution in [0.4, 0.5) is 0 Å². The van der Waals surface area contributed by atoms with Crippen molar-refractivity contribution in [3.05, 3.63) is 11.1 Å². The molecule has 0 unspecified atom stereocenters. The van der Waals surface area contributed by atoms with Crippen LogP contribution in [0.2, 0.25) is 0 Å². The van der Waals surface area contributed by atoms with Crippen LogP contribution in [0.1, 0.15) is 93.9 Å². The average molecular weight is 547 g/mol. The molecule has 0 radical (unpaired) electrons. The second-order valence-corrected chi connectivity index (χ2v) is 14.0. The van der Waals surface area contributed by atoms with E-state index in [4.69, 9.17) is 9.47 Å². The molecule has 0 amide bonds. The summed E-state index contributed by atoms with van der Waals surface area (Å²) in [6.45, 7) is 14.9. The highest BCUT2D eigenvalue weighted by Gasteiger charge is 2.76. The minimum absolute atomic E-state index is 0.0848. The Kier molecular flexibility index (Phi) is 7.08. The minimum atomic E-state index is -1.25. The quantitative estimate of drug-likeness (QED) is 0.497. The highest BCUT2D eigenvalue weighted by atomic mass is 16.5. The number of rotatable bonds is 5. The van der Waals surface area contributed by atoms with Gasteiger partial charge in [-0.2, -0.15) is 0 Å². The van der Waals surface area contributed by atoms with Crippen molar-refractivity contribution < 1.29 is 38.9 Å². The van der Waals surface area contributed by atoms with Crippen molar-refractivity contribution in [1.29, 1.82) is 0 Å². The Hall–Kier alpha value is -2.06. The summed E-state index contributed by atoms with van der Waals surface area (Å²) in [5.74, 6) is -1.90. The summed E-state index contributed by atoms with van der Waals surface area (Å²) in [6, 6.07) is 0. The monoisotopic (exact) mass is 546 g/mol. The molecule has 4 aliphatic carbocycles. The molecule has 8 heteroatoms. The van der Waals surface area contributed by atoms with Gasteiger partial charge in [0, 0.05) is 36.2 Å². The molecule has 2 N–H and O–H groups in total. The first-order valence-corrected chi connectivity index (χ1v) is 14.3. The molecule has 8 nitrogen and oxygen atoms in total. The highest BCUT2D eigenvalue weighted by Crippen LogP contribution is 2.74. The number of esters is 2. The van der Waals surface area contributed by atoms with Gasteiger partial charge >= 0.3 is 11.9 Å². The summed E-state index contributed by atoms with van der Waals surface area (Å²) in [6.07, 6.45) is -0.813. The third kappa shape index (κ3) is 3.62. The fraction of sp³-hybridized carbons (Fsp3) is 0.806. The van der Waals surface area contributed by atoms with Crippen molar-refractivity contribution in [2.45, 2.75) is 112 Å². The lowest BCUT2D eigenvalue weighted by atomic mass is 9.37. The maximum Gasteiger partial charge on any atom is 0.305 e. The second-order valence-electron chi connectivity index (χ2n) is 14.0. The molecular formula is C31H46O8. The Morgan fingerprint density at radius 2 is 1.69 bits per heavy atom. The molecule has 0 aromatic heterocycles. The third-order valence-electron chi connectivity index (χ3n) is 12.5. The van der Waals surface area contributed by atoms with Crippen LogP contribution in [0.5, 0.6) is 0 Å². The van der Waals surface area contributed by atoms with E-state index in [1.807, 2.05) is 48.5 Å². The Morgan fingerprint density at radius 1 is 1.08 bits per heavy atom. The lowest BCUT2D eigenvalue weighted by Crippen LogP contribution is -2.68. The van der Waals surface area contributed by atoms with Gasteiger partial charge in [-0.1, -0.05) is 41.5 Å². The van der Waals surface area contributed by atoms with Crippen molar-refractivity contribution in [2.24, 2.45) is 38.9 Å². The molecule has 4 aliphatic rings. The molecule has 0 heterocycles. The van der Waals surface area contributed by atoms with E-state index in [0.717, 1.165) is 0 Å². The predicted octanol–water partition coefficient (Wildman–Crippen LogP) is 3.95. The van der Waals surface area contributed by atoms with Crippen molar-refractivity contribution in [2.75, 3.05) is 7.11 Å². The third-order valence-corrected chi connectivity index (χ3v) is 12.5. The van der Waals surface area contributed by atoms with Crippen LogP contribution in [0.25, 0.3) is 0 Å². The molecule has 0 spiro atoms. The van der Waals surface area contributed by atoms with Crippen molar-refractivity contribution >= 4 is 23.5 Å². The Labute approximate surface area is 231 Å². The zero-order valence-corrected chi connectivity index (χ0v) is 25.0. The van der Waals surface area contributed by atoms with Crippen LogP contribution in [-0.2, 0) is 28.7 Å². The van der Waals surface area contributed by atoms with Crippen LogP contribution in [-0.4, -0.2) is 59.1 Å². The molecule has 0 aromatic carbocycles. The highest BCUT2D eigenvalue weighted by molar-refractivity contribution is 6.08. The molecule has 2 fully saturated rings. The van der Waals surface area contributed by atoms with E-state index in [2.05, 4.69) is 0 Å². The number of Topliss-reactive ketones (excluding diaryl/α,β-unsaturated/α-hetero) is 2. The summed E-state index contributed by atoms with van der Waals surface area (Å²) in [5.41, 5.74) is -3.52. The molecule has 9 atom stereocenters. The lowest BCUT2D eigenvalue weighted by molar-refractivity contribution is -0.191. The molecule has 0 aromatic rings. The summed E-state index contributed by atoms with van der Waals surface area (Å²) in [7, 11) is 1.33. The minimum Gasteiger partial charge on any atom is -0.469 e. The molecule has 0 bridgehead atoms. The number of ether oxygens (including phenoxy) is 2. The predicted molar refractivity (Wildman–Crippen MR) is 143 cm³/mol. The topological polar surface area (TPSA) is 127 Å². The Bertz CT molecular complexity index is 1140. The molecule has 0 saturated heterocycles. The van der Waals surface area contributed by atoms with E-state index in [1.54, 1.807) is 0 Å². The van der Waals surface area contributed by atoms with E-state index < -0.39 is 51.4 Å². The van der Waals surface area contributed by atoms with Crippen LogP contribution >= 0.6 is 0 Å². The SMILES string of the molecule is COC(=O)CC[C@@H](C)[C@H]1CC(=O)[C@@]2(C)C3=C(C(=O)[C@@H](OC(C)=O)[C@]12C)[C@@]1(C)CC[C@H](O)C(C)(C)[C@]1(C)C[C@@H]3O. The van der Waals surface area contributed by atoms with Gasteiger partial charge in [0.2, 0.25) is 5.78 Å². The maximum absolute atomic E-state index is 14.7. The summed E-state index contributed by atoms with van der Waals surface area (Å²) < 4.78 is 10.7. The standard InChI is InChI=1S/C31H46O8/c1-16(10-11-22(36)38-9)18-14-21(35)31(8)23-19(33)15-29(6)27(3,4)20(34)12-13-28(29,5)24(23)25(37)26(30(18,31)7)39-17(2)32/h16,18-20,26,33-34H,10-15H2,1-9H3/t16-,18-,19+,20+,26-,28-,29+,30+,31+/m1/s1. The van der Waals surface area contributed by atoms with Gasteiger partial charge in [-0.25, -0.2) is 0 Å². The smallest absolute Gasteiger partial charge is 0.305 e. The van der Waals surface area contributed by atoms with Gasteiger partial charge in [-0.15, -0.1) is 0 Å². The number of aliphatic hydroxyl groups excluding tert-OH is 2. The fourth-order valence-corrected chi connectivity index (χ4v) is 9.34. The first kappa shape index (κ1) is 29.9. The van der Waals surface area contributed by atoms with Gasteiger partial charge < -0.3 is 19.7 Å². The second kappa shape index (κ2) is 9.23. The Balaban J connectivity index is 1.97. The van der Waals surface area contributed by atoms with Crippen LogP contribution in [0, 0.1) is 38.9 Å². The number of carbonyl (C=O) groups is 4. The van der Waals surface area contributed by atoms with Crippen LogP contribution in [0.15, 0.2) is 11.1 Å². The number of aliphatic hydroxyl groups is 2. The van der Waals surface area contributed by atoms with E-state index in [-0.39, 0.29) is 42.2 Å². The van der Waals surface area contributed by atoms with Crippen molar-refractivity contribution in [1.82, 2.24) is 0 Å². The molecule has 218 valence electrons. The fourth-order valence-electron chi connectivity index (χ4n) is 9.34. The normalized spacial score (nSPS) is 43.8. The van der Waals surface area contributed by atoms with Crippen molar-refractivity contribution in [3.8, 4) is 0 Å². The summed E-state index contributed by atoms with van der Waals surface area (Å²) in [4.78, 5) is 53.3. The van der Waals surface area contributed by atoms with Gasteiger partial charge in [-0.05, 0) is 60.8 Å². The number of carbonyl (C=O) groups excluding carboxylic acids is 4. The van der Waals surface area contributed by atoms with E-state index in [1.165, 1.54) is 14.0 Å². The molecular weight excluding hydrogens is 500 g/mol. The van der Waals surface area contributed by atoms with Gasteiger partial charge in [0.05, 0.1) is 24.7 Å². The van der Waals surface area contributed by atoms with Crippen molar-refractivity contribution in [3.63, 3.8) is 0 Å². The number of hydrogen-bond acceptors (Lipinski definition) is 8. The van der Waals surface area contributed by atoms with Gasteiger partial charge in [0.25, 0.3) is 0 Å². The summed E-state index contributed by atoms with van der Waals surface area (Å²) in [5, 5.41) is 22.9. The van der Waals surface area contributed by atoms with Crippen LogP contribution < -0.4 is 0 Å². The van der Waals surface area contributed by atoms with E-state index >= 15 is 0 Å². The first-order chi connectivity index (χ1) is 17.9. The largest absolute Gasteiger partial charge is 0.469 e. The maximum atomic E-state index is 14.7. The molecule has 4 rings (SSSR count). The first-order valence-electron chi connectivity index (χ1n) is 14.3. The Morgan fingerprint density at radius 3 is 2.26 bits per heavy atom. The van der Waals surface area contributed by atoms with Gasteiger partial charge in [0.1, 0.15) is 5.78 Å². The summed E-state index contributed by atoms with van der Waals surface area (Å²) >= 11 is 0.